The van der Waals surface area contributed by atoms with Crippen LogP contribution in [0.3, 0.4) is 0 Å². The SMILES string of the molecule is COc1cc(C(=O)NCc2c(C)cc(C)[nH]c2=O)c(C)c2c1OC(C)([C@H]1CC[C@H](N)CC1)O2. The summed E-state index contributed by atoms with van der Waals surface area (Å²) in [5.74, 6) is 0.551. The lowest BCUT2D eigenvalue weighted by Crippen LogP contribution is -2.46. The van der Waals surface area contributed by atoms with E-state index in [9.17, 15) is 9.59 Å². The minimum absolute atomic E-state index is 0.122. The van der Waals surface area contributed by atoms with Crippen molar-refractivity contribution < 1.29 is 19.0 Å². The summed E-state index contributed by atoms with van der Waals surface area (Å²) in [5, 5.41) is 2.86. The molecule has 8 nitrogen and oxygen atoms in total. The van der Waals surface area contributed by atoms with Crippen LogP contribution in [-0.4, -0.2) is 29.8 Å². The van der Waals surface area contributed by atoms with Crippen LogP contribution in [0, 0.1) is 26.7 Å². The molecule has 0 saturated heterocycles. The van der Waals surface area contributed by atoms with E-state index in [4.69, 9.17) is 19.9 Å². The highest BCUT2D eigenvalue weighted by atomic mass is 16.7. The van der Waals surface area contributed by atoms with Crippen molar-refractivity contribution in [1.82, 2.24) is 10.3 Å². The van der Waals surface area contributed by atoms with Gasteiger partial charge in [-0.05, 0) is 64.2 Å². The first kappa shape index (κ1) is 23.2. The monoisotopic (exact) mass is 455 g/mol. The molecule has 4 rings (SSSR count). The normalized spacial score (nSPS) is 23.9. The van der Waals surface area contributed by atoms with Gasteiger partial charge in [-0.25, -0.2) is 0 Å². The summed E-state index contributed by atoms with van der Waals surface area (Å²) in [7, 11) is 1.54. The van der Waals surface area contributed by atoms with E-state index >= 15 is 0 Å². The Labute approximate surface area is 193 Å². The van der Waals surface area contributed by atoms with Gasteiger partial charge in [-0.15, -0.1) is 0 Å². The smallest absolute Gasteiger partial charge is 0.253 e. The van der Waals surface area contributed by atoms with Crippen LogP contribution < -0.4 is 30.8 Å². The van der Waals surface area contributed by atoms with Crippen molar-refractivity contribution in [2.24, 2.45) is 11.7 Å². The van der Waals surface area contributed by atoms with Gasteiger partial charge in [0.15, 0.2) is 11.5 Å². The summed E-state index contributed by atoms with van der Waals surface area (Å²) < 4.78 is 18.2. The molecule has 178 valence electrons. The largest absolute Gasteiger partial charge is 0.493 e. The zero-order chi connectivity index (χ0) is 23.9. The van der Waals surface area contributed by atoms with Gasteiger partial charge in [0.1, 0.15) is 0 Å². The van der Waals surface area contributed by atoms with Crippen LogP contribution in [0.1, 0.15) is 65.3 Å². The third-order valence-corrected chi connectivity index (χ3v) is 6.96. The molecule has 1 amide bonds. The predicted molar refractivity (Wildman–Crippen MR) is 125 cm³/mol. The third kappa shape index (κ3) is 4.31. The number of pyridine rings is 1. The molecule has 8 heteroatoms. The lowest BCUT2D eigenvalue weighted by atomic mass is 9.81. The molecule has 0 spiro atoms. The van der Waals surface area contributed by atoms with E-state index in [2.05, 4.69) is 10.3 Å². The van der Waals surface area contributed by atoms with Gasteiger partial charge in [-0.2, -0.15) is 0 Å². The van der Waals surface area contributed by atoms with E-state index in [0.717, 1.165) is 36.9 Å². The number of methoxy groups -OCH3 is 1. The average molecular weight is 456 g/mol. The average Bonchev–Trinajstić information content (AvgIpc) is 3.13. The molecule has 1 aromatic carbocycles. The molecule has 33 heavy (non-hydrogen) atoms. The Balaban J connectivity index is 1.58. The molecule has 1 unspecified atom stereocenters. The van der Waals surface area contributed by atoms with Crippen LogP contribution in [0.4, 0.5) is 0 Å². The van der Waals surface area contributed by atoms with Crippen LogP contribution in [-0.2, 0) is 6.54 Å². The van der Waals surface area contributed by atoms with Crippen LogP contribution in [0.15, 0.2) is 16.9 Å². The van der Waals surface area contributed by atoms with Crippen LogP contribution in [0.2, 0.25) is 0 Å². The summed E-state index contributed by atoms with van der Waals surface area (Å²) in [5.41, 5.74) is 9.12. The zero-order valence-corrected chi connectivity index (χ0v) is 20.0. The lowest BCUT2D eigenvalue weighted by Gasteiger charge is -2.36. The minimum atomic E-state index is -0.831. The number of ether oxygens (including phenoxy) is 3. The molecular weight excluding hydrogens is 422 g/mol. The van der Waals surface area contributed by atoms with Gasteiger partial charge in [0.25, 0.3) is 17.3 Å². The minimum Gasteiger partial charge on any atom is -0.493 e. The summed E-state index contributed by atoms with van der Waals surface area (Å²) >= 11 is 0. The van der Waals surface area contributed by atoms with E-state index in [1.54, 1.807) is 13.2 Å². The molecule has 1 atom stereocenters. The maximum Gasteiger partial charge on any atom is 0.253 e. The number of nitrogens with two attached hydrogens (primary N) is 1. The number of rotatable bonds is 5. The standard InChI is InChI=1S/C25H33N3O5/c1-13-10-14(2)28-24(30)19(13)12-27-23(29)18-11-20(31-5)22-21(15(18)3)32-25(4,33-22)16-6-8-17(26)9-7-16/h10-11,16-17H,6-9,12,26H2,1-5H3,(H,27,29)(H,28,30)/t16-,17-,25?. The lowest BCUT2D eigenvalue weighted by molar-refractivity contribution is -0.121. The Morgan fingerprint density at radius 2 is 1.85 bits per heavy atom. The van der Waals surface area contributed by atoms with Gasteiger partial charge < -0.3 is 30.2 Å². The Bertz CT molecular complexity index is 1130. The number of nitrogens with one attached hydrogen (secondary N) is 2. The van der Waals surface area contributed by atoms with Crippen molar-refractivity contribution in [2.45, 2.75) is 71.8 Å². The number of carbonyl (C=O) groups is 1. The van der Waals surface area contributed by atoms with Crippen molar-refractivity contribution >= 4 is 5.91 Å². The summed E-state index contributed by atoms with van der Waals surface area (Å²) in [4.78, 5) is 28.2. The van der Waals surface area contributed by atoms with E-state index in [1.807, 2.05) is 33.8 Å². The topological polar surface area (TPSA) is 116 Å². The fraction of sp³-hybridized carbons (Fsp3) is 0.520. The maximum absolute atomic E-state index is 13.1. The van der Waals surface area contributed by atoms with Gasteiger partial charge in [-0.3, -0.25) is 9.59 Å². The molecule has 1 fully saturated rings. The first-order chi connectivity index (χ1) is 15.6. The molecule has 2 aliphatic rings. The number of fused-ring (bicyclic) bond motifs is 1. The van der Waals surface area contributed by atoms with E-state index in [1.165, 1.54) is 0 Å². The number of hydrogen-bond acceptors (Lipinski definition) is 6. The van der Waals surface area contributed by atoms with Gasteiger partial charge in [0.05, 0.1) is 7.11 Å². The van der Waals surface area contributed by atoms with Crippen molar-refractivity contribution in [3.63, 3.8) is 0 Å². The molecule has 1 aliphatic heterocycles. The van der Waals surface area contributed by atoms with Crippen molar-refractivity contribution in [1.29, 1.82) is 0 Å². The Morgan fingerprint density at radius 3 is 2.48 bits per heavy atom. The molecule has 4 N–H and O–H groups in total. The number of benzene rings is 1. The summed E-state index contributed by atoms with van der Waals surface area (Å²) in [6.45, 7) is 7.59. The van der Waals surface area contributed by atoms with Crippen LogP contribution >= 0.6 is 0 Å². The summed E-state index contributed by atoms with van der Waals surface area (Å²) in [6.07, 6.45) is 3.71. The molecule has 1 aliphatic carbocycles. The van der Waals surface area contributed by atoms with E-state index in [-0.39, 0.29) is 30.0 Å². The zero-order valence-electron chi connectivity index (χ0n) is 20.0. The van der Waals surface area contributed by atoms with Gasteiger partial charge >= 0.3 is 0 Å². The van der Waals surface area contributed by atoms with Crippen molar-refractivity contribution in [2.75, 3.05) is 7.11 Å². The number of carbonyl (C=O) groups excluding carboxylic acids is 1. The van der Waals surface area contributed by atoms with E-state index < -0.39 is 5.79 Å². The highest BCUT2D eigenvalue weighted by molar-refractivity contribution is 5.97. The first-order valence-electron chi connectivity index (χ1n) is 11.5. The third-order valence-electron chi connectivity index (χ3n) is 6.96. The maximum atomic E-state index is 13.1. The van der Waals surface area contributed by atoms with Gasteiger partial charge in [0, 0.05) is 47.8 Å². The number of amides is 1. The fourth-order valence-corrected chi connectivity index (χ4v) is 4.92. The van der Waals surface area contributed by atoms with Gasteiger partial charge in [0.2, 0.25) is 5.75 Å². The fourth-order valence-electron chi connectivity index (χ4n) is 4.92. The molecular formula is C25H33N3O5. The van der Waals surface area contributed by atoms with Crippen molar-refractivity contribution in [3.8, 4) is 17.2 Å². The molecule has 2 aromatic rings. The van der Waals surface area contributed by atoms with Crippen molar-refractivity contribution in [3.05, 3.63) is 50.4 Å². The van der Waals surface area contributed by atoms with Crippen LogP contribution in [0.5, 0.6) is 17.2 Å². The van der Waals surface area contributed by atoms with Gasteiger partial charge in [-0.1, -0.05) is 0 Å². The Hall–Kier alpha value is -3.00. The first-order valence-corrected chi connectivity index (χ1v) is 11.5. The molecule has 1 saturated carbocycles. The molecule has 0 bridgehead atoms. The number of H-pyrrole nitrogens is 1. The quantitative estimate of drug-likeness (QED) is 0.637. The molecule has 1 aromatic heterocycles. The Morgan fingerprint density at radius 1 is 1.18 bits per heavy atom. The number of hydrogen-bond donors (Lipinski definition) is 3. The molecule has 0 radical (unpaired) electrons. The summed E-state index contributed by atoms with van der Waals surface area (Å²) in [6, 6.07) is 3.78. The molecule has 2 heterocycles. The second-order valence-corrected chi connectivity index (χ2v) is 9.37. The number of aryl methyl sites for hydroxylation is 2. The highest BCUT2D eigenvalue weighted by Gasteiger charge is 2.47. The number of aromatic amines is 1. The van der Waals surface area contributed by atoms with Crippen LogP contribution in [0.25, 0.3) is 0 Å². The van der Waals surface area contributed by atoms with E-state index in [0.29, 0.717) is 33.9 Å². The second kappa shape index (κ2) is 8.74. The number of aromatic nitrogens is 1. The second-order valence-electron chi connectivity index (χ2n) is 9.37. The highest BCUT2D eigenvalue weighted by Crippen LogP contribution is 2.52. The Kier molecular flexibility index (Phi) is 6.14. The predicted octanol–water partition coefficient (Wildman–Crippen LogP) is 3.24.